The molecule has 0 unspecified atom stereocenters. The molecule has 0 amide bonds. The average molecular weight is 386 g/mol. The first-order valence-corrected chi connectivity index (χ1v) is 7.49. The van der Waals surface area contributed by atoms with Crippen LogP contribution in [0.25, 0.3) is 0 Å². The Morgan fingerprint density at radius 2 is 0.840 bits per heavy atom. The van der Waals surface area contributed by atoms with Crippen LogP contribution in [-0.2, 0) is 9.59 Å². The van der Waals surface area contributed by atoms with Crippen molar-refractivity contribution in [3.8, 4) is 0 Å². The molecule has 0 heterocycles. The molecule has 7 nitrogen and oxygen atoms in total. The van der Waals surface area contributed by atoms with E-state index in [0.717, 1.165) is 13.4 Å². The van der Waals surface area contributed by atoms with Crippen LogP contribution < -0.4 is 22.6 Å². The Balaban J connectivity index is -0.0000000733. The number of hydrogen-bond acceptors (Lipinski definition) is 4. The second kappa shape index (κ2) is 15.1. The molecule has 0 spiro atoms. The number of halogens is 1. The van der Waals surface area contributed by atoms with Gasteiger partial charge in [-0.15, -0.1) is 0 Å². The Bertz CT molecular complexity index is 332. The van der Waals surface area contributed by atoms with Gasteiger partial charge >= 0.3 is 0 Å². The second-order valence-corrected chi connectivity index (χ2v) is 9.49. The molecule has 25 heavy (non-hydrogen) atoms. The van der Waals surface area contributed by atoms with Gasteiger partial charge in [-0.3, -0.25) is 0 Å². The van der Waals surface area contributed by atoms with Gasteiger partial charge in [0.05, 0.1) is 90.5 Å². The molecule has 0 aromatic carbocycles. The van der Waals surface area contributed by atoms with E-state index in [2.05, 4.69) is 91.2 Å². The summed E-state index contributed by atoms with van der Waals surface area (Å²) in [6, 6.07) is 0. The van der Waals surface area contributed by atoms with E-state index in [-0.39, 0.29) is 12.4 Å². The maximum Gasteiger partial charge on any atom is 0.0675 e. The largest absolute Gasteiger partial charge is 1.00 e. The number of carbonyl (C=O) groups is 2. The van der Waals surface area contributed by atoms with E-state index in [4.69, 9.17) is 0 Å². The lowest BCUT2D eigenvalue weighted by Crippen LogP contribution is -3.00. The van der Waals surface area contributed by atoms with Crippen molar-refractivity contribution in [3.05, 3.63) is 12.2 Å². The highest BCUT2D eigenvalue weighted by molar-refractivity contribution is 5.89. The highest BCUT2D eigenvalue weighted by Gasteiger charge is 1.93. The van der Waals surface area contributed by atoms with Crippen LogP contribution in [0.5, 0.6) is 0 Å². The number of carbonyl (C=O) groups excluding carboxylic acids is 2. The predicted molar refractivity (Wildman–Crippen MR) is 95.6 cm³/mol. The third-order valence-electron chi connectivity index (χ3n) is 0.646. The van der Waals surface area contributed by atoms with Crippen molar-refractivity contribution in [2.75, 3.05) is 84.6 Å². The SMILES string of the molecule is C=C(CC(=O)[O-])C(=O)[O-].C[N+](C)(C)C.C[N+](C)(C)C.C[N+](C)(C)C.[Cl-]. The van der Waals surface area contributed by atoms with E-state index in [0.29, 0.717) is 0 Å². The molecule has 8 heteroatoms. The van der Waals surface area contributed by atoms with Crippen LogP contribution in [0.4, 0.5) is 0 Å². The summed E-state index contributed by atoms with van der Waals surface area (Å²) < 4.78 is 3.00. The minimum absolute atomic E-state index is 0. The van der Waals surface area contributed by atoms with E-state index in [1.54, 1.807) is 0 Å². The van der Waals surface area contributed by atoms with Gasteiger partial charge in [0.25, 0.3) is 0 Å². The number of carboxylic acids is 2. The summed E-state index contributed by atoms with van der Waals surface area (Å²) in [6.45, 7) is 2.91. The first-order chi connectivity index (χ1) is 10.0. The fourth-order valence-electron chi connectivity index (χ4n) is 0.246. The van der Waals surface area contributed by atoms with Crippen molar-refractivity contribution in [1.29, 1.82) is 0 Å². The highest BCUT2D eigenvalue weighted by Crippen LogP contribution is 1.92. The van der Waals surface area contributed by atoms with Gasteiger partial charge in [0.2, 0.25) is 0 Å². The van der Waals surface area contributed by atoms with Crippen LogP contribution in [0.15, 0.2) is 12.2 Å². The normalized spacial score (nSPS) is 10.2. The van der Waals surface area contributed by atoms with E-state index >= 15 is 0 Å². The third kappa shape index (κ3) is 212. The fraction of sp³-hybridized carbons (Fsp3) is 0.765. The molecule has 0 aromatic heterocycles. The van der Waals surface area contributed by atoms with Gasteiger partial charge in [-0.1, -0.05) is 6.58 Å². The molecule has 0 saturated heterocycles. The monoisotopic (exact) mass is 385 g/mol. The van der Waals surface area contributed by atoms with Gasteiger partial charge in [-0.2, -0.15) is 0 Å². The van der Waals surface area contributed by atoms with Crippen LogP contribution in [0.3, 0.4) is 0 Å². The first kappa shape index (κ1) is 35.0. The summed E-state index contributed by atoms with van der Waals surface area (Å²) in [5.74, 6) is -3.02. The minimum Gasteiger partial charge on any atom is -1.00 e. The number of rotatable bonds is 3. The van der Waals surface area contributed by atoms with Crippen molar-refractivity contribution >= 4 is 11.9 Å². The third-order valence-corrected chi connectivity index (χ3v) is 0.646. The predicted octanol–water partition coefficient (Wildman–Crippen LogP) is -4.60. The van der Waals surface area contributed by atoms with Crippen LogP contribution in [0.1, 0.15) is 6.42 Å². The molecule has 0 aliphatic rings. The maximum absolute atomic E-state index is 9.73. The first-order valence-electron chi connectivity index (χ1n) is 7.49. The Labute approximate surface area is 161 Å². The summed E-state index contributed by atoms with van der Waals surface area (Å²) >= 11 is 0. The van der Waals surface area contributed by atoms with Gasteiger partial charge in [0.15, 0.2) is 0 Å². The fourth-order valence-corrected chi connectivity index (χ4v) is 0.246. The summed E-state index contributed by atoms with van der Waals surface area (Å²) in [6.07, 6.45) is -0.678. The minimum atomic E-state index is -1.56. The van der Waals surface area contributed by atoms with Crippen molar-refractivity contribution < 1.29 is 45.7 Å². The molecule has 0 N–H and O–H groups in total. The number of quaternary nitrogens is 3. The molecule has 0 bridgehead atoms. The standard InChI is InChI=1S/C5H6O4.3C4H12N.ClH/c1-3(5(8)9)2-4(6)7;3*1-5(2,3)4;/h1-2H2,(H,6,7)(H,8,9);3*1-4H3;1H/q;3*+1;/p-3. The quantitative estimate of drug-likeness (QED) is 0.362. The Morgan fingerprint density at radius 3 is 0.880 bits per heavy atom. The lowest BCUT2D eigenvalue weighted by Gasteiger charge is -2.14. The topological polar surface area (TPSA) is 80.3 Å². The number of hydrogen-bond donors (Lipinski definition) is 0. The molecule has 0 atom stereocenters. The van der Waals surface area contributed by atoms with Gasteiger partial charge < -0.3 is 45.7 Å². The van der Waals surface area contributed by atoms with E-state index in [1.807, 2.05) is 0 Å². The number of nitrogens with zero attached hydrogens (tertiary/aromatic N) is 3. The van der Waals surface area contributed by atoms with Gasteiger partial charge in [-0.25, -0.2) is 0 Å². The Hall–Kier alpha value is -1.15. The molecule has 0 fully saturated rings. The van der Waals surface area contributed by atoms with E-state index < -0.39 is 23.9 Å². The molecule has 0 radical (unpaired) electrons. The highest BCUT2D eigenvalue weighted by atomic mass is 35.5. The molecule has 0 aliphatic heterocycles. The zero-order chi connectivity index (χ0) is 20.9. The average Bonchev–Trinajstić information content (AvgIpc) is 2.06. The van der Waals surface area contributed by atoms with Crippen LogP contribution >= 0.6 is 0 Å². The van der Waals surface area contributed by atoms with Crippen molar-refractivity contribution in [2.24, 2.45) is 0 Å². The zero-order valence-corrected chi connectivity index (χ0v) is 19.0. The molecule has 0 rings (SSSR count). The van der Waals surface area contributed by atoms with E-state index in [1.165, 1.54) is 0 Å². The molecular weight excluding hydrogens is 346 g/mol. The Kier molecular flexibility index (Phi) is 21.2. The van der Waals surface area contributed by atoms with Crippen molar-refractivity contribution in [1.82, 2.24) is 0 Å². The van der Waals surface area contributed by atoms with Gasteiger partial charge in [0, 0.05) is 12.4 Å². The van der Waals surface area contributed by atoms with Crippen molar-refractivity contribution in [2.45, 2.75) is 6.42 Å². The van der Waals surface area contributed by atoms with Crippen LogP contribution in [0.2, 0.25) is 0 Å². The van der Waals surface area contributed by atoms with Gasteiger partial charge in [0.1, 0.15) is 0 Å². The van der Waals surface area contributed by atoms with Crippen LogP contribution in [-0.4, -0.2) is 110 Å². The Morgan fingerprint density at radius 1 is 0.680 bits per heavy atom. The lowest BCUT2D eigenvalue weighted by atomic mass is 10.2. The molecule has 0 aliphatic carbocycles. The summed E-state index contributed by atoms with van der Waals surface area (Å²) in [4.78, 5) is 19.4. The number of aliphatic carboxylic acids is 2. The van der Waals surface area contributed by atoms with Crippen LogP contribution in [0, 0.1) is 0 Å². The summed E-state index contributed by atoms with van der Waals surface area (Å²) in [5.41, 5.74) is -0.477. The van der Waals surface area contributed by atoms with Crippen molar-refractivity contribution in [3.63, 3.8) is 0 Å². The zero-order valence-electron chi connectivity index (χ0n) is 18.3. The number of carboxylic acid groups (broad SMARTS) is 2. The van der Waals surface area contributed by atoms with Gasteiger partial charge in [-0.05, 0) is 5.57 Å². The summed E-state index contributed by atoms with van der Waals surface area (Å²) in [7, 11) is 25.5. The maximum atomic E-state index is 9.73. The lowest BCUT2D eigenvalue weighted by molar-refractivity contribution is -0.849. The smallest absolute Gasteiger partial charge is 0.0675 e. The summed E-state index contributed by atoms with van der Waals surface area (Å²) in [5, 5.41) is 19.4. The molecule has 0 aromatic rings. The molecular formula is C17H40ClN3O4. The van der Waals surface area contributed by atoms with E-state index in [9.17, 15) is 19.8 Å². The second-order valence-electron chi connectivity index (χ2n) is 9.49. The molecule has 154 valence electrons. The molecule has 0 saturated carbocycles.